The summed E-state index contributed by atoms with van der Waals surface area (Å²) in [4.78, 5) is 1.89. The number of aliphatic hydroxyl groups excluding tert-OH is 1. The standard InChI is InChI=1S/C10H11NO2S/c11-6-7(12)9-3-4-10(14-9)8-2-1-5-13-8/h1-5,7,12H,6,11H2. The second kappa shape index (κ2) is 3.96. The third-order valence-electron chi connectivity index (χ3n) is 1.94. The predicted molar refractivity (Wildman–Crippen MR) is 56.0 cm³/mol. The zero-order valence-corrected chi connectivity index (χ0v) is 8.33. The Labute approximate surface area is 85.8 Å². The summed E-state index contributed by atoms with van der Waals surface area (Å²) in [7, 11) is 0. The highest BCUT2D eigenvalue weighted by Crippen LogP contribution is 2.31. The van der Waals surface area contributed by atoms with Gasteiger partial charge in [0.25, 0.3) is 0 Å². The average molecular weight is 209 g/mol. The van der Waals surface area contributed by atoms with E-state index >= 15 is 0 Å². The molecule has 2 aromatic rings. The molecule has 74 valence electrons. The first-order valence-electron chi connectivity index (χ1n) is 4.33. The maximum atomic E-state index is 9.49. The molecule has 0 aromatic carbocycles. The predicted octanol–water partition coefficient (Wildman–Crippen LogP) is 2.00. The maximum Gasteiger partial charge on any atom is 0.143 e. The van der Waals surface area contributed by atoms with Gasteiger partial charge in [0, 0.05) is 11.4 Å². The molecule has 3 nitrogen and oxygen atoms in total. The first-order chi connectivity index (χ1) is 6.81. The van der Waals surface area contributed by atoms with Crippen molar-refractivity contribution in [1.29, 1.82) is 0 Å². The van der Waals surface area contributed by atoms with Crippen molar-refractivity contribution in [1.82, 2.24) is 0 Å². The van der Waals surface area contributed by atoms with Gasteiger partial charge in [0.1, 0.15) is 11.9 Å². The van der Waals surface area contributed by atoms with Crippen molar-refractivity contribution in [2.24, 2.45) is 5.73 Å². The van der Waals surface area contributed by atoms with E-state index in [-0.39, 0.29) is 6.54 Å². The molecule has 0 aliphatic carbocycles. The van der Waals surface area contributed by atoms with E-state index in [1.165, 1.54) is 11.3 Å². The summed E-state index contributed by atoms with van der Waals surface area (Å²) in [6.45, 7) is 0.248. The van der Waals surface area contributed by atoms with Gasteiger partial charge in [-0.3, -0.25) is 0 Å². The van der Waals surface area contributed by atoms with Gasteiger partial charge in [-0.15, -0.1) is 11.3 Å². The van der Waals surface area contributed by atoms with Gasteiger partial charge in [-0.2, -0.15) is 0 Å². The summed E-state index contributed by atoms with van der Waals surface area (Å²) in [6.07, 6.45) is 1.07. The molecule has 3 N–H and O–H groups in total. The van der Waals surface area contributed by atoms with Crippen LogP contribution >= 0.6 is 11.3 Å². The van der Waals surface area contributed by atoms with Gasteiger partial charge in [-0.25, -0.2) is 0 Å². The zero-order chi connectivity index (χ0) is 9.97. The van der Waals surface area contributed by atoms with E-state index in [2.05, 4.69) is 0 Å². The molecule has 0 amide bonds. The third-order valence-corrected chi connectivity index (χ3v) is 3.14. The topological polar surface area (TPSA) is 59.4 Å². The Balaban J connectivity index is 2.26. The SMILES string of the molecule is NCC(O)c1ccc(-c2ccco2)s1. The Hall–Kier alpha value is -1.10. The molecule has 14 heavy (non-hydrogen) atoms. The molecule has 0 saturated heterocycles. The summed E-state index contributed by atoms with van der Waals surface area (Å²) in [5.74, 6) is 0.825. The van der Waals surface area contributed by atoms with Gasteiger partial charge < -0.3 is 15.3 Å². The lowest BCUT2D eigenvalue weighted by molar-refractivity contribution is 0.190. The van der Waals surface area contributed by atoms with Crippen molar-refractivity contribution >= 4 is 11.3 Å². The highest BCUT2D eigenvalue weighted by molar-refractivity contribution is 7.15. The zero-order valence-electron chi connectivity index (χ0n) is 7.51. The van der Waals surface area contributed by atoms with Crippen LogP contribution in [0.5, 0.6) is 0 Å². The Morgan fingerprint density at radius 2 is 2.29 bits per heavy atom. The monoisotopic (exact) mass is 209 g/mol. The van der Waals surface area contributed by atoms with E-state index in [0.717, 1.165) is 15.5 Å². The fourth-order valence-corrected chi connectivity index (χ4v) is 2.17. The van der Waals surface area contributed by atoms with Gasteiger partial charge in [0.05, 0.1) is 11.1 Å². The number of furan rings is 1. The molecule has 4 heteroatoms. The van der Waals surface area contributed by atoms with Gasteiger partial charge in [0.2, 0.25) is 0 Å². The summed E-state index contributed by atoms with van der Waals surface area (Å²) in [5.41, 5.74) is 5.37. The van der Waals surface area contributed by atoms with Gasteiger partial charge in [-0.05, 0) is 24.3 Å². The lowest BCUT2D eigenvalue weighted by Gasteiger charge is -2.02. The number of hydrogen-bond donors (Lipinski definition) is 2. The largest absolute Gasteiger partial charge is 0.464 e. The normalized spacial score (nSPS) is 13.0. The molecule has 0 radical (unpaired) electrons. The molecular weight excluding hydrogens is 198 g/mol. The highest BCUT2D eigenvalue weighted by Gasteiger charge is 2.10. The van der Waals surface area contributed by atoms with E-state index in [4.69, 9.17) is 10.2 Å². The number of hydrogen-bond acceptors (Lipinski definition) is 4. The molecule has 0 bridgehead atoms. The van der Waals surface area contributed by atoms with Gasteiger partial charge in [0.15, 0.2) is 0 Å². The number of thiophene rings is 1. The van der Waals surface area contributed by atoms with E-state index in [9.17, 15) is 5.11 Å². The highest BCUT2D eigenvalue weighted by atomic mass is 32.1. The minimum absolute atomic E-state index is 0.248. The van der Waals surface area contributed by atoms with Crippen LogP contribution in [0.2, 0.25) is 0 Å². The summed E-state index contributed by atoms with van der Waals surface area (Å²) >= 11 is 1.50. The van der Waals surface area contributed by atoms with Crippen LogP contribution in [0.1, 0.15) is 11.0 Å². The quantitative estimate of drug-likeness (QED) is 0.812. The first kappa shape index (κ1) is 9.45. The summed E-state index contributed by atoms with van der Waals surface area (Å²) in [6, 6.07) is 7.54. The molecule has 2 rings (SSSR count). The third kappa shape index (κ3) is 1.72. The second-order valence-electron chi connectivity index (χ2n) is 2.93. The number of rotatable bonds is 3. The van der Waals surface area contributed by atoms with Crippen molar-refractivity contribution in [3.8, 4) is 10.6 Å². The fraction of sp³-hybridized carbons (Fsp3) is 0.200. The number of nitrogens with two attached hydrogens (primary N) is 1. The maximum absolute atomic E-state index is 9.49. The average Bonchev–Trinajstić information content (AvgIpc) is 2.86. The lowest BCUT2D eigenvalue weighted by atomic mass is 10.3. The van der Waals surface area contributed by atoms with Crippen molar-refractivity contribution in [3.63, 3.8) is 0 Å². The van der Waals surface area contributed by atoms with Crippen LogP contribution < -0.4 is 5.73 Å². The summed E-state index contributed by atoms with van der Waals surface area (Å²) in [5, 5.41) is 9.49. The molecule has 0 spiro atoms. The van der Waals surface area contributed by atoms with Crippen LogP contribution in [0.3, 0.4) is 0 Å². The van der Waals surface area contributed by atoms with Crippen LogP contribution in [0.25, 0.3) is 10.6 Å². The Kier molecular flexibility index (Phi) is 2.67. The molecule has 0 aliphatic rings. The molecule has 0 saturated carbocycles. The Morgan fingerprint density at radius 3 is 2.93 bits per heavy atom. The smallest absolute Gasteiger partial charge is 0.143 e. The van der Waals surface area contributed by atoms with E-state index in [1.807, 2.05) is 24.3 Å². The number of aliphatic hydroxyl groups is 1. The van der Waals surface area contributed by atoms with Crippen LogP contribution in [0.15, 0.2) is 34.9 Å². The molecule has 2 aromatic heterocycles. The summed E-state index contributed by atoms with van der Waals surface area (Å²) < 4.78 is 5.24. The Bertz CT molecular complexity index is 394. The second-order valence-corrected chi connectivity index (χ2v) is 4.05. The minimum Gasteiger partial charge on any atom is -0.464 e. The fourth-order valence-electron chi connectivity index (χ4n) is 1.20. The molecule has 1 unspecified atom stereocenters. The molecular formula is C10H11NO2S. The van der Waals surface area contributed by atoms with Gasteiger partial charge in [-0.1, -0.05) is 0 Å². The molecule has 0 fully saturated rings. The van der Waals surface area contributed by atoms with Gasteiger partial charge >= 0.3 is 0 Å². The van der Waals surface area contributed by atoms with E-state index in [0.29, 0.717) is 0 Å². The van der Waals surface area contributed by atoms with Crippen LogP contribution in [-0.4, -0.2) is 11.7 Å². The Morgan fingerprint density at radius 1 is 1.43 bits per heavy atom. The molecule has 1 atom stereocenters. The van der Waals surface area contributed by atoms with Crippen molar-refractivity contribution in [3.05, 3.63) is 35.4 Å². The van der Waals surface area contributed by atoms with Crippen LogP contribution in [-0.2, 0) is 0 Å². The van der Waals surface area contributed by atoms with Crippen molar-refractivity contribution in [2.45, 2.75) is 6.10 Å². The van der Waals surface area contributed by atoms with Crippen LogP contribution in [0.4, 0.5) is 0 Å². The lowest BCUT2D eigenvalue weighted by Crippen LogP contribution is -2.09. The first-order valence-corrected chi connectivity index (χ1v) is 5.14. The van der Waals surface area contributed by atoms with E-state index < -0.39 is 6.10 Å². The van der Waals surface area contributed by atoms with E-state index in [1.54, 1.807) is 6.26 Å². The molecule has 2 heterocycles. The minimum atomic E-state index is -0.566. The van der Waals surface area contributed by atoms with Crippen molar-refractivity contribution in [2.75, 3.05) is 6.54 Å². The van der Waals surface area contributed by atoms with Crippen LogP contribution in [0, 0.1) is 0 Å². The molecule has 0 aliphatic heterocycles. The van der Waals surface area contributed by atoms with Crippen molar-refractivity contribution < 1.29 is 9.52 Å².